The number of halogens is 2. The Hall–Kier alpha value is -0.310. The third-order valence-electron chi connectivity index (χ3n) is 2.04. The maximum absolute atomic E-state index is 5.85. The second-order valence-corrected chi connectivity index (χ2v) is 4.32. The second-order valence-electron chi connectivity index (χ2n) is 3.03. The van der Waals surface area contributed by atoms with E-state index in [4.69, 9.17) is 17.3 Å². The van der Waals surface area contributed by atoms with Gasteiger partial charge in [-0.15, -0.1) is 0 Å². The summed E-state index contributed by atoms with van der Waals surface area (Å²) in [6.45, 7) is 2.70. The zero-order valence-electron chi connectivity index (χ0n) is 8.06. The molecule has 76 valence electrons. The van der Waals surface area contributed by atoms with Crippen molar-refractivity contribution in [2.24, 2.45) is 5.73 Å². The van der Waals surface area contributed by atoms with E-state index in [-0.39, 0.29) is 0 Å². The van der Waals surface area contributed by atoms with Crippen LogP contribution in [0.5, 0.6) is 0 Å². The van der Waals surface area contributed by atoms with Gasteiger partial charge in [0.25, 0.3) is 0 Å². The van der Waals surface area contributed by atoms with Crippen molar-refractivity contribution >= 4 is 33.6 Å². The summed E-state index contributed by atoms with van der Waals surface area (Å²) in [4.78, 5) is 0. The third-order valence-corrected chi connectivity index (χ3v) is 2.96. The van der Waals surface area contributed by atoms with Crippen LogP contribution in [-0.2, 0) is 0 Å². The maximum Gasteiger partial charge on any atom is 0.0417 e. The van der Waals surface area contributed by atoms with E-state index in [2.05, 4.69) is 28.9 Å². The molecule has 0 saturated heterocycles. The van der Waals surface area contributed by atoms with E-state index < -0.39 is 0 Å². The molecule has 3 heteroatoms. The molecule has 0 aromatic heterocycles. The van der Waals surface area contributed by atoms with E-state index >= 15 is 0 Å². The van der Waals surface area contributed by atoms with Crippen molar-refractivity contribution in [3.8, 4) is 0 Å². The lowest BCUT2D eigenvalue weighted by molar-refractivity contribution is 1.02. The summed E-state index contributed by atoms with van der Waals surface area (Å²) in [5.74, 6) is 0. The fourth-order valence-electron chi connectivity index (χ4n) is 1.14. The molecule has 0 aliphatic heterocycles. The van der Waals surface area contributed by atoms with Crippen LogP contribution >= 0.6 is 27.5 Å². The molecular weight excluding hydrogens is 261 g/mol. The van der Waals surface area contributed by atoms with Gasteiger partial charge in [-0.2, -0.15) is 0 Å². The van der Waals surface area contributed by atoms with Gasteiger partial charge in [0.15, 0.2) is 0 Å². The van der Waals surface area contributed by atoms with Gasteiger partial charge in [-0.3, -0.25) is 0 Å². The first-order chi connectivity index (χ1) is 6.67. The van der Waals surface area contributed by atoms with Crippen LogP contribution < -0.4 is 5.73 Å². The number of nitrogens with two attached hydrogens (primary N) is 1. The van der Waals surface area contributed by atoms with E-state index in [1.165, 1.54) is 5.57 Å². The van der Waals surface area contributed by atoms with Gasteiger partial charge in [-0.25, -0.2) is 0 Å². The van der Waals surface area contributed by atoms with Crippen molar-refractivity contribution < 1.29 is 0 Å². The molecule has 2 N–H and O–H groups in total. The van der Waals surface area contributed by atoms with Gasteiger partial charge in [0, 0.05) is 16.0 Å². The average molecular weight is 275 g/mol. The van der Waals surface area contributed by atoms with Crippen LogP contribution in [0.15, 0.2) is 28.2 Å². The number of benzene rings is 1. The van der Waals surface area contributed by atoms with Crippen molar-refractivity contribution in [1.82, 2.24) is 0 Å². The Morgan fingerprint density at radius 2 is 2.29 bits per heavy atom. The van der Waals surface area contributed by atoms with Gasteiger partial charge in [-0.05, 0) is 24.1 Å². The first-order valence-corrected chi connectivity index (χ1v) is 5.69. The topological polar surface area (TPSA) is 26.0 Å². The molecule has 1 aromatic carbocycles. The SMILES string of the molecule is CC/C(=C/c1ccc(Cl)cc1Br)CN. The van der Waals surface area contributed by atoms with Gasteiger partial charge in [0.1, 0.15) is 0 Å². The van der Waals surface area contributed by atoms with E-state index in [1.807, 2.05) is 18.2 Å². The van der Waals surface area contributed by atoms with E-state index in [0.717, 1.165) is 21.5 Å². The standard InChI is InChI=1S/C11H13BrClN/c1-2-8(7-14)5-9-3-4-10(13)6-11(9)12/h3-6H,2,7,14H2,1H3/b8-5-. The van der Waals surface area contributed by atoms with Crippen LogP contribution in [0.3, 0.4) is 0 Å². The zero-order chi connectivity index (χ0) is 10.6. The highest BCUT2D eigenvalue weighted by molar-refractivity contribution is 9.10. The Morgan fingerprint density at radius 1 is 1.57 bits per heavy atom. The molecule has 1 nitrogen and oxygen atoms in total. The minimum absolute atomic E-state index is 0.603. The highest BCUT2D eigenvalue weighted by Crippen LogP contribution is 2.23. The summed E-state index contributed by atoms with van der Waals surface area (Å²) in [6, 6.07) is 5.75. The van der Waals surface area contributed by atoms with Crippen molar-refractivity contribution in [2.75, 3.05) is 6.54 Å². The Kier molecular flexibility index (Phi) is 4.66. The molecule has 0 aliphatic carbocycles. The lowest BCUT2D eigenvalue weighted by Crippen LogP contribution is -2.01. The van der Waals surface area contributed by atoms with Gasteiger partial charge >= 0.3 is 0 Å². The number of hydrogen-bond donors (Lipinski definition) is 1. The van der Waals surface area contributed by atoms with Crippen LogP contribution in [0, 0.1) is 0 Å². The van der Waals surface area contributed by atoms with Crippen LogP contribution in [0.25, 0.3) is 6.08 Å². The molecule has 1 rings (SSSR count). The van der Waals surface area contributed by atoms with E-state index in [0.29, 0.717) is 6.54 Å². The Morgan fingerprint density at radius 3 is 2.79 bits per heavy atom. The molecule has 0 aliphatic rings. The van der Waals surface area contributed by atoms with Crippen molar-refractivity contribution in [2.45, 2.75) is 13.3 Å². The quantitative estimate of drug-likeness (QED) is 0.890. The van der Waals surface area contributed by atoms with Crippen LogP contribution in [0.4, 0.5) is 0 Å². The minimum atomic E-state index is 0.603. The van der Waals surface area contributed by atoms with Gasteiger partial charge in [-0.1, -0.05) is 52.2 Å². The van der Waals surface area contributed by atoms with Crippen molar-refractivity contribution in [3.05, 3.63) is 38.8 Å². The Labute approximate surface area is 98.1 Å². The third kappa shape index (κ3) is 3.12. The molecule has 0 unspecified atom stereocenters. The van der Waals surface area contributed by atoms with Crippen molar-refractivity contribution in [1.29, 1.82) is 0 Å². The van der Waals surface area contributed by atoms with Crippen LogP contribution in [-0.4, -0.2) is 6.54 Å². The Balaban J connectivity index is 3.02. The summed E-state index contributed by atoms with van der Waals surface area (Å²) in [5, 5.41) is 0.736. The zero-order valence-corrected chi connectivity index (χ0v) is 10.4. The molecule has 14 heavy (non-hydrogen) atoms. The predicted molar refractivity (Wildman–Crippen MR) is 66.5 cm³/mol. The molecule has 0 atom stereocenters. The molecule has 0 amide bonds. The molecule has 0 fully saturated rings. The fourth-order valence-corrected chi connectivity index (χ4v) is 1.94. The lowest BCUT2D eigenvalue weighted by Gasteiger charge is -2.03. The molecule has 0 bridgehead atoms. The van der Waals surface area contributed by atoms with Gasteiger partial charge in [0.2, 0.25) is 0 Å². The first-order valence-electron chi connectivity index (χ1n) is 4.52. The van der Waals surface area contributed by atoms with E-state index in [1.54, 1.807) is 0 Å². The smallest absolute Gasteiger partial charge is 0.0417 e. The van der Waals surface area contributed by atoms with E-state index in [9.17, 15) is 0 Å². The lowest BCUT2D eigenvalue weighted by atomic mass is 10.1. The van der Waals surface area contributed by atoms with Gasteiger partial charge < -0.3 is 5.73 Å². The summed E-state index contributed by atoms with van der Waals surface area (Å²) in [7, 11) is 0. The number of hydrogen-bond acceptors (Lipinski definition) is 1. The molecule has 0 radical (unpaired) electrons. The largest absolute Gasteiger partial charge is 0.327 e. The fraction of sp³-hybridized carbons (Fsp3) is 0.273. The predicted octanol–water partition coefficient (Wildman–Crippen LogP) is 3.85. The molecule has 0 spiro atoms. The summed E-state index contributed by atoms with van der Waals surface area (Å²) in [5.41, 5.74) is 7.95. The summed E-state index contributed by atoms with van der Waals surface area (Å²) < 4.78 is 1.00. The monoisotopic (exact) mass is 273 g/mol. The number of rotatable bonds is 3. The van der Waals surface area contributed by atoms with Crippen LogP contribution in [0.1, 0.15) is 18.9 Å². The van der Waals surface area contributed by atoms with Gasteiger partial charge in [0.05, 0.1) is 0 Å². The molecular formula is C11H13BrClN. The normalized spacial score (nSPS) is 11.9. The summed E-state index contributed by atoms with van der Waals surface area (Å²) >= 11 is 9.31. The highest BCUT2D eigenvalue weighted by Gasteiger charge is 1.99. The van der Waals surface area contributed by atoms with Crippen LogP contribution in [0.2, 0.25) is 5.02 Å². The summed E-state index contributed by atoms with van der Waals surface area (Å²) in [6.07, 6.45) is 3.08. The minimum Gasteiger partial charge on any atom is -0.327 e. The molecule has 0 heterocycles. The maximum atomic E-state index is 5.85. The Bertz CT molecular complexity index is 341. The first kappa shape index (κ1) is 11.8. The molecule has 1 aromatic rings. The van der Waals surface area contributed by atoms with Crippen molar-refractivity contribution in [3.63, 3.8) is 0 Å². The second kappa shape index (κ2) is 5.54. The average Bonchev–Trinajstić information content (AvgIpc) is 2.17. The molecule has 0 saturated carbocycles. The highest BCUT2D eigenvalue weighted by atomic mass is 79.9.